The number of oxime groups is 1. The van der Waals surface area contributed by atoms with E-state index >= 15 is 0 Å². The average Bonchev–Trinajstić information content (AvgIpc) is 2.77. The SMILES string of the molecule is COCCN(CCC(N)=NO)Cc1ccc(Br)s1. The first-order valence-electron chi connectivity index (χ1n) is 5.57. The van der Waals surface area contributed by atoms with Crippen LogP contribution in [0.15, 0.2) is 21.1 Å². The fourth-order valence-electron chi connectivity index (χ4n) is 1.47. The predicted molar refractivity (Wildman–Crippen MR) is 77.2 cm³/mol. The standard InChI is InChI=1S/C11H18BrN3O2S/c1-17-7-6-15(5-4-11(13)14-16)8-9-2-3-10(12)18-9/h2-3,16H,4-8H2,1H3,(H2,13,14). The molecule has 0 aliphatic rings. The molecule has 0 saturated carbocycles. The van der Waals surface area contributed by atoms with Crippen molar-refractivity contribution in [2.45, 2.75) is 13.0 Å². The van der Waals surface area contributed by atoms with Crippen LogP contribution < -0.4 is 5.73 Å². The van der Waals surface area contributed by atoms with Crippen LogP contribution in [-0.2, 0) is 11.3 Å². The van der Waals surface area contributed by atoms with E-state index in [9.17, 15) is 0 Å². The third kappa shape index (κ3) is 5.81. The summed E-state index contributed by atoms with van der Waals surface area (Å²) in [7, 11) is 1.68. The average molecular weight is 336 g/mol. The Labute approximate surface area is 119 Å². The maximum Gasteiger partial charge on any atom is 0.140 e. The summed E-state index contributed by atoms with van der Waals surface area (Å²) in [5.41, 5.74) is 5.48. The van der Waals surface area contributed by atoms with E-state index in [2.05, 4.69) is 32.1 Å². The van der Waals surface area contributed by atoms with Gasteiger partial charge in [0.2, 0.25) is 0 Å². The molecule has 102 valence electrons. The van der Waals surface area contributed by atoms with Crippen molar-refractivity contribution < 1.29 is 9.94 Å². The highest BCUT2D eigenvalue weighted by Gasteiger charge is 2.08. The van der Waals surface area contributed by atoms with Crippen molar-refractivity contribution in [1.82, 2.24) is 4.90 Å². The zero-order valence-corrected chi connectivity index (χ0v) is 12.7. The largest absolute Gasteiger partial charge is 0.409 e. The van der Waals surface area contributed by atoms with Gasteiger partial charge in [0.15, 0.2) is 0 Å². The number of thiophene rings is 1. The number of methoxy groups -OCH3 is 1. The van der Waals surface area contributed by atoms with E-state index in [4.69, 9.17) is 15.7 Å². The number of hydrogen-bond acceptors (Lipinski definition) is 5. The fraction of sp³-hybridized carbons (Fsp3) is 0.545. The van der Waals surface area contributed by atoms with Gasteiger partial charge in [0, 0.05) is 38.0 Å². The second kappa shape index (κ2) is 8.47. The van der Waals surface area contributed by atoms with E-state index in [-0.39, 0.29) is 5.84 Å². The molecule has 1 rings (SSSR count). The first-order chi connectivity index (χ1) is 8.65. The summed E-state index contributed by atoms with van der Waals surface area (Å²) < 4.78 is 6.22. The number of nitrogens with zero attached hydrogens (tertiary/aromatic N) is 2. The Balaban J connectivity index is 2.49. The number of hydrogen-bond donors (Lipinski definition) is 2. The smallest absolute Gasteiger partial charge is 0.140 e. The van der Waals surface area contributed by atoms with Crippen LogP contribution in [0.3, 0.4) is 0 Å². The Bertz CT molecular complexity index is 384. The Hall–Kier alpha value is -0.630. The van der Waals surface area contributed by atoms with Crippen LogP contribution in [0, 0.1) is 0 Å². The van der Waals surface area contributed by atoms with Crippen molar-refractivity contribution in [1.29, 1.82) is 0 Å². The quantitative estimate of drug-likeness (QED) is 0.330. The highest BCUT2D eigenvalue weighted by atomic mass is 79.9. The molecule has 3 N–H and O–H groups in total. The topological polar surface area (TPSA) is 71.1 Å². The van der Waals surface area contributed by atoms with Crippen LogP contribution in [0.5, 0.6) is 0 Å². The van der Waals surface area contributed by atoms with Gasteiger partial charge in [-0.1, -0.05) is 5.16 Å². The second-order valence-electron chi connectivity index (χ2n) is 3.82. The fourth-order valence-corrected chi connectivity index (χ4v) is 3.00. The molecule has 0 aliphatic heterocycles. The molecule has 0 atom stereocenters. The van der Waals surface area contributed by atoms with E-state index in [1.807, 2.05) is 6.07 Å². The summed E-state index contributed by atoms with van der Waals surface area (Å²) in [4.78, 5) is 3.50. The lowest BCUT2D eigenvalue weighted by Gasteiger charge is -2.20. The molecule has 0 bridgehead atoms. The van der Waals surface area contributed by atoms with Gasteiger partial charge >= 0.3 is 0 Å². The Morgan fingerprint density at radius 3 is 2.89 bits per heavy atom. The van der Waals surface area contributed by atoms with Crippen molar-refractivity contribution in [3.63, 3.8) is 0 Å². The summed E-state index contributed by atoms with van der Waals surface area (Å²) >= 11 is 5.16. The highest BCUT2D eigenvalue weighted by Crippen LogP contribution is 2.23. The molecule has 0 amide bonds. The van der Waals surface area contributed by atoms with Gasteiger partial charge in [-0.15, -0.1) is 11.3 Å². The van der Waals surface area contributed by atoms with Crippen LogP contribution in [0.4, 0.5) is 0 Å². The lowest BCUT2D eigenvalue weighted by Crippen LogP contribution is -2.30. The van der Waals surface area contributed by atoms with E-state index < -0.39 is 0 Å². The van der Waals surface area contributed by atoms with Crippen molar-refractivity contribution in [2.75, 3.05) is 26.8 Å². The molecule has 0 spiro atoms. The molecule has 0 unspecified atom stereocenters. The van der Waals surface area contributed by atoms with Gasteiger partial charge < -0.3 is 15.7 Å². The third-order valence-corrected chi connectivity index (χ3v) is 4.04. The van der Waals surface area contributed by atoms with Gasteiger partial charge in [-0.2, -0.15) is 0 Å². The minimum atomic E-state index is 0.254. The lowest BCUT2D eigenvalue weighted by atomic mass is 10.3. The minimum absolute atomic E-state index is 0.254. The van der Waals surface area contributed by atoms with Gasteiger partial charge in [-0.25, -0.2) is 0 Å². The molecular formula is C11H18BrN3O2S. The highest BCUT2D eigenvalue weighted by molar-refractivity contribution is 9.11. The monoisotopic (exact) mass is 335 g/mol. The Morgan fingerprint density at radius 1 is 1.56 bits per heavy atom. The predicted octanol–water partition coefficient (Wildman–Crippen LogP) is 2.10. The van der Waals surface area contributed by atoms with Crippen molar-refractivity contribution in [2.24, 2.45) is 10.9 Å². The van der Waals surface area contributed by atoms with Crippen LogP contribution >= 0.6 is 27.3 Å². The van der Waals surface area contributed by atoms with Crippen molar-refractivity contribution in [3.8, 4) is 0 Å². The number of halogens is 1. The van der Waals surface area contributed by atoms with Gasteiger partial charge in [0.1, 0.15) is 5.84 Å². The Morgan fingerprint density at radius 2 is 2.33 bits per heavy atom. The first-order valence-corrected chi connectivity index (χ1v) is 7.18. The lowest BCUT2D eigenvalue weighted by molar-refractivity contribution is 0.146. The van der Waals surface area contributed by atoms with Crippen molar-refractivity contribution in [3.05, 3.63) is 20.8 Å². The molecule has 0 saturated heterocycles. The first kappa shape index (κ1) is 15.4. The van der Waals surface area contributed by atoms with E-state index in [0.29, 0.717) is 13.0 Å². The van der Waals surface area contributed by atoms with E-state index in [1.165, 1.54) is 4.88 Å². The van der Waals surface area contributed by atoms with Gasteiger partial charge in [-0.05, 0) is 28.1 Å². The maximum atomic E-state index is 8.53. The third-order valence-electron chi connectivity index (χ3n) is 2.43. The summed E-state index contributed by atoms with van der Waals surface area (Å²) in [5, 5.41) is 11.5. The van der Waals surface area contributed by atoms with Crippen LogP contribution in [-0.4, -0.2) is 42.7 Å². The molecular weight excluding hydrogens is 318 g/mol. The van der Waals surface area contributed by atoms with E-state index in [0.717, 1.165) is 23.4 Å². The molecule has 0 aromatic carbocycles. The summed E-state index contributed by atoms with van der Waals surface area (Å²) in [6.07, 6.45) is 0.548. The van der Waals surface area contributed by atoms with Crippen LogP contribution in [0.1, 0.15) is 11.3 Å². The summed E-state index contributed by atoms with van der Waals surface area (Å²) in [6.45, 7) is 3.08. The van der Waals surface area contributed by atoms with Gasteiger partial charge in [-0.3, -0.25) is 4.90 Å². The molecule has 0 fully saturated rings. The Kier molecular flexibility index (Phi) is 7.26. The van der Waals surface area contributed by atoms with Crippen LogP contribution in [0.25, 0.3) is 0 Å². The molecule has 0 radical (unpaired) electrons. The number of ether oxygens (including phenoxy) is 1. The van der Waals surface area contributed by atoms with E-state index in [1.54, 1.807) is 18.4 Å². The van der Waals surface area contributed by atoms with Crippen molar-refractivity contribution >= 4 is 33.1 Å². The molecule has 0 aliphatic carbocycles. The van der Waals surface area contributed by atoms with Crippen LogP contribution in [0.2, 0.25) is 0 Å². The molecule has 18 heavy (non-hydrogen) atoms. The maximum absolute atomic E-state index is 8.53. The normalized spacial score (nSPS) is 12.3. The second-order valence-corrected chi connectivity index (χ2v) is 6.36. The van der Waals surface area contributed by atoms with Gasteiger partial charge in [0.25, 0.3) is 0 Å². The number of amidine groups is 1. The zero-order chi connectivity index (χ0) is 13.4. The number of rotatable bonds is 8. The molecule has 1 aromatic heterocycles. The number of nitrogens with two attached hydrogens (primary N) is 1. The minimum Gasteiger partial charge on any atom is -0.409 e. The summed E-state index contributed by atoms with van der Waals surface area (Å²) in [6, 6.07) is 4.14. The van der Waals surface area contributed by atoms with Gasteiger partial charge in [0.05, 0.1) is 10.4 Å². The summed E-state index contributed by atoms with van der Waals surface area (Å²) in [5.74, 6) is 0.254. The molecule has 1 aromatic rings. The molecule has 5 nitrogen and oxygen atoms in total. The molecule has 1 heterocycles. The molecule has 7 heteroatoms. The zero-order valence-electron chi connectivity index (χ0n) is 10.3.